The van der Waals surface area contributed by atoms with Gasteiger partial charge in [-0.1, -0.05) is 13.8 Å². The van der Waals surface area contributed by atoms with E-state index >= 15 is 0 Å². The van der Waals surface area contributed by atoms with Crippen LogP contribution >= 0.6 is 0 Å². The summed E-state index contributed by atoms with van der Waals surface area (Å²) in [5.41, 5.74) is 1.51. The highest BCUT2D eigenvalue weighted by molar-refractivity contribution is 5.96. The molecule has 1 unspecified atom stereocenters. The highest BCUT2D eigenvalue weighted by atomic mass is 16.4. The Morgan fingerprint density at radius 1 is 1.55 bits per heavy atom. The molecule has 2 heterocycles. The van der Waals surface area contributed by atoms with E-state index in [9.17, 15) is 9.59 Å². The molecule has 6 heteroatoms. The fourth-order valence-corrected chi connectivity index (χ4v) is 2.63. The lowest BCUT2D eigenvalue weighted by molar-refractivity contribution is -0.137. The SMILES string of the molecule is CCCN(CC(=O)O)C(=O)c1cnn2c1CC(C)CC2. The predicted octanol–water partition coefficient (Wildman–Crippen LogP) is 1.40. The first-order valence-corrected chi connectivity index (χ1v) is 7.08. The maximum Gasteiger partial charge on any atom is 0.323 e. The Kier molecular flexibility index (Phi) is 4.42. The van der Waals surface area contributed by atoms with Gasteiger partial charge in [0, 0.05) is 13.1 Å². The monoisotopic (exact) mass is 279 g/mol. The van der Waals surface area contributed by atoms with Crippen molar-refractivity contribution in [2.75, 3.05) is 13.1 Å². The lowest BCUT2D eigenvalue weighted by Gasteiger charge is -2.23. The number of carbonyl (C=O) groups is 2. The van der Waals surface area contributed by atoms with Crippen molar-refractivity contribution in [2.24, 2.45) is 5.92 Å². The molecule has 6 nitrogen and oxygen atoms in total. The number of carbonyl (C=O) groups excluding carboxylic acids is 1. The van der Waals surface area contributed by atoms with Gasteiger partial charge >= 0.3 is 5.97 Å². The molecule has 1 aromatic rings. The first kappa shape index (κ1) is 14.6. The Hall–Kier alpha value is -1.85. The van der Waals surface area contributed by atoms with Gasteiger partial charge in [0.15, 0.2) is 0 Å². The Morgan fingerprint density at radius 3 is 2.95 bits per heavy atom. The molecular formula is C14H21N3O3. The zero-order chi connectivity index (χ0) is 14.7. The third-order valence-corrected chi connectivity index (χ3v) is 3.66. The number of aromatic nitrogens is 2. The summed E-state index contributed by atoms with van der Waals surface area (Å²) in [7, 11) is 0. The zero-order valence-electron chi connectivity index (χ0n) is 12.0. The number of hydrogen-bond donors (Lipinski definition) is 1. The first-order chi connectivity index (χ1) is 9.52. The van der Waals surface area contributed by atoms with E-state index in [1.54, 1.807) is 6.20 Å². The summed E-state index contributed by atoms with van der Waals surface area (Å²) >= 11 is 0. The molecule has 0 spiro atoms. The van der Waals surface area contributed by atoms with Crippen LogP contribution in [0.2, 0.25) is 0 Å². The summed E-state index contributed by atoms with van der Waals surface area (Å²) < 4.78 is 1.87. The van der Waals surface area contributed by atoms with Crippen molar-refractivity contribution in [2.45, 2.75) is 39.7 Å². The standard InChI is InChI=1S/C14H21N3O3/c1-3-5-16(9-13(18)19)14(20)11-8-15-17-6-4-10(2)7-12(11)17/h8,10H,3-7,9H2,1-2H3,(H,18,19). The molecule has 110 valence electrons. The molecule has 0 saturated heterocycles. The van der Waals surface area contributed by atoms with Crippen LogP contribution < -0.4 is 0 Å². The number of carboxylic acids is 1. The highest BCUT2D eigenvalue weighted by Crippen LogP contribution is 2.23. The third-order valence-electron chi connectivity index (χ3n) is 3.66. The second-order valence-corrected chi connectivity index (χ2v) is 5.45. The second-order valence-electron chi connectivity index (χ2n) is 5.45. The van der Waals surface area contributed by atoms with Gasteiger partial charge < -0.3 is 10.0 Å². The minimum Gasteiger partial charge on any atom is -0.480 e. The van der Waals surface area contributed by atoms with Gasteiger partial charge in [-0.25, -0.2) is 0 Å². The first-order valence-electron chi connectivity index (χ1n) is 7.08. The van der Waals surface area contributed by atoms with Crippen LogP contribution in [0.4, 0.5) is 0 Å². The van der Waals surface area contributed by atoms with Gasteiger partial charge in [0.1, 0.15) is 6.54 Å². The molecule has 20 heavy (non-hydrogen) atoms. The summed E-state index contributed by atoms with van der Waals surface area (Å²) in [4.78, 5) is 24.8. The highest BCUT2D eigenvalue weighted by Gasteiger charge is 2.26. The molecule has 2 rings (SSSR count). The second kappa shape index (κ2) is 6.07. The largest absolute Gasteiger partial charge is 0.480 e. The lowest BCUT2D eigenvalue weighted by Crippen LogP contribution is -2.37. The number of fused-ring (bicyclic) bond motifs is 1. The number of hydrogen-bond acceptors (Lipinski definition) is 3. The van der Waals surface area contributed by atoms with Gasteiger partial charge in [0.05, 0.1) is 17.5 Å². The summed E-state index contributed by atoms with van der Waals surface area (Å²) in [5.74, 6) is -0.671. The van der Waals surface area contributed by atoms with Gasteiger partial charge in [-0.3, -0.25) is 14.3 Å². The van der Waals surface area contributed by atoms with Crippen LogP contribution in [0.15, 0.2) is 6.20 Å². The summed E-state index contributed by atoms with van der Waals surface area (Å²) in [6, 6.07) is 0. The minimum absolute atomic E-state index is 0.218. The molecule has 0 aliphatic carbocycles. The topological polar surface area (TPSA) is 75.4 Å². The van der Waals surface area contributed by atoms with E-state index in [1.165, 1.54) is 4.90 Å². The zero-order valence-corrected chi connectivity index (χ0v) is 12.0. The lowest BCUT2D eigenvalue weighted by atomic mass is 9.96. The average Bonchev–Trinajstić information content (AvgIpc) is 2.79. The van der Waals surface area contributed by atoms with Crippen LogP contribution in [0.25, 0.3) is 0 Å². The number of aliphatic carboxylic acids is 1. The Morgan fingerprint density at radius 2 is 2.30 bits per heavy atom. The van der Waals surface area contributed by atoms with Crippen molar-refractivity contribution in [3.8, 4) is 0 Å². The van der Waals surface area contributed by atoms with Crippen LogP contribution in [-0.2, 0) is 17.8 Å². The van der Waals surface area contributed by atoms with Crippen LogP contribution in [0.5, 0.6) is 0 Å². The quantitative estimate of drug-likeness (QED) is 0.884. The molecule has 1 atom stereocenters. The third kappa shape index (κ3) is 3.00. The van der Waals surface area contributed by atoms with Gasteiger partial charge in [-0.05, 0) is 25.2 Å². The number of carboxylic acid groups (broad SMARTS) is 1. The van der Waals surface area contributed by atoms with E-state index in [0.717, 1.165) is 31.5 Å². The number of nitrogens with zero attached hydrogens (tertiary/aromatic N) is 3. The van der Waals surface area contributed by atoms with Crippen LogP contribution in [0, 0.1) is 5.92 Å². The van der Waals surface area contributed by atoms with Gasteiger partial charge in [-0.15, -0.1) is 0 Å². The van der Waals surface area contributed by atoms with E-state index in [2.05, 4.69) is 12.0 Å². The molecule has 1 N–H and O–H groups in total. The summed E-state index contributed by atoms with van der Waals surface area (Å²) in [5, 5.41) is 13.2. The van der Waals surface area contributed by atoms with Crippen molar-refractivity contribution >= 4 is 11.9 Å². The minimum atomic E-state index is -0.985. The van der Waals surface area contributed by atoms with Crippen LogP contribution in [0.1, 0.15) is 42.7 Å². The smallest absolute Gasteiger partial charge is 0.323 e. The molecule has 0 fully saturated rings. The molecule has 1 aliphatic heterocycles. The number of aryl methyl sites for hydroxylation is 1. The van der Waals surface area contributed by atoms with Crippen molar-refractivity contribution in [1.82, 2.24) is 14.7 Å². The molecular weight excluding hydrogens is 258 g/mol. The van der Waals surface area contributed by atoms with Crippen molar-refractivity contribution in [3.63, 3.8) is 0 Å². The molecule has 0 saturated carbocycles. The number of rotatable bonds is 5. The Balaban J connectivity index is 2.23. The van der Waals surface area contributed by atoms with Crippen molar-refractivity contribution < 1.29 is 14.7 Å². The van der Waals surface area contributed by atoms with Crippen LogP contribution in [0.3, 0.4) is 0 Å². The van der Waals surface area contributed by atoms with Crippen molar-refractivity contribution in [1.29, 1.82) is 0 Å². The molecule has 0 radical (unpaired) electrons. The van der Waals surface area contributed by atoms with E-state index in [-0.39, 0.29) is 12.5 Å². The van der Waals surface area contributed by atoms with E-state index in [0.29, 0.717) is 18.0 Å². The predicted molar refractivity (Wildman–Crippen MR) is 73.5 cm³/mol. The van der Waals surface area contributed by atoms with E-state index in [1.807, 2.05) is 11.6 Å². The Labute approximate surface area is 118 Å². The van der Waals surface area contributed by atoms with E-state index in [4.69, 9.17) is 5.11 Å². The summed E-state index contributed by atoms with van der Waals surface area (Å²) in [6.07, 6.45) is 4.21. The van der Waals surface area contributed by atoms with E-state index < -0.39 is 5.97 Å². The number of amides is 1. The molecule has 0 aromatic carbocycles. The Bertz CT molecular complexity index is 510. The fourth-order valence-electron chi connectivity index (χ4n) is 2.63. The molecule has 1 amide bonds. The summed E-state index contributed by atoms with van der Waals surface area (Å²) in [6.45, 7) is 5.11. The molecule has 1 aromatic heterocycles. The molecule has 0 bridgehead atoms. The maximum absolute atomic E-state index is 12.5. The fraction of sp³-hybridized carbons (Fsp3) is 0.643. The van der Waals surface area contributed by atoms with Gasteiger partial charge in [-0.2, -0.15) is 5.10 Å². The van der Waals surface area contributed by atoms with Gasteiger partial charge in [0.2, 0.25) is 0 Å². The van der Waals surface area contributed by atoms with Crippen molar-refractivity contribution in [3.05, 3.63) is 17.5 Å². The normalized spacial score (nSPS) is 17.6. The average molecular weight is 279 g/mol. The maximum atomic E-state index is 12.5. The van der Waals surface area contributed by atoms with Gasteiger partial charge in [0.25, 0.3) is 5.91 Å². The van der Waals surface area contributed by atoms with Crippen LogP contribution in [-0.4, -0.2) is 44.8 Å². The molecule has 1 aliphatic rings.